The highest BCUT2D eigenvalue weighted by Gasteiger charge is 2.11. The smallest absolute Gasteiger partial charge is 0.343 e. The van der Waals surface area contributed by atoms with E-state index in [2.05, 4.69) is 6.92 Å². The molecule has 0 heterocycles. The summed E-state index contributed by atoms with van der Waals surface area (Å²) >= 11 is 0. The van der Waals surface area contributed by atoms with Gasteiger partial charge in [-0.25, -0.2) is 9.18 Å². The first-order valence-electron chi connectivity index (χ1n) is 9.94. The van der Waals surface area contributed by atoms with Crippen molar-refractivity contribution in [2.24, 2.45) is 0 Å². The number of carbonyl (C=O) groups excluding carboxylic acids is 1. The molecular formula is C25H25FO3. The number of unbranched alkanes of at least 4 members (excludes halogenated alkanes) is 1. The lowest BCUT2D eigenvalue weighted by atomic mass is 10.00. The molecule has 0 fully saturated rings. The van der Waals surface area contributed by atoms with E-state index in [1.807, 2.05) is 13.0 Å². The van der Waals surface area contributed by atoms with Gasteiger partial charge in [-0.05, 0) is 73.4 Å². The molecule has 0 unspecified atom stereocenters. The monoisotopic (exact) mass is 392 g/mol. The van der Waals surface area contributed by atoms with Gasteiger partial charge in [-0.15, -0.1) is 0 Å². The fraction of sp³-hybridized carbons (Fsp3) is 0.240. The lowest BCUT2D eigenvalue weighted by Gasteiger charge is -2.08. The van der Waals surface area contributed by atoms with E-state index in [9.17, 15) is 9.18 Å². The summed E-state index contributed by atoms with van der Waals surface area (Å²) in [5.41, 5.74) is 2.66. The lowest BCUT2D eigenvalue weighted by Crippen LogP contribution is -2.08. The van der Waals surface area contributed by atoms with Crippen LogP contribution in [-0.4, -0.2) is 12.6 Å². The molecule has 0 saturated carbocycles. The predicted octanol–water partition coefficient (Wildman–Crippen LogP) is 6.45. The van der Waals surface area contributed by atoms with Gasteiger partial charge in [0.25, 0.3) is 0 Å². The normalized spacial score (nSPS) is 10.6. The molecule has 0 aliphatic carbocycles. The Morgan fingerprint density at radius 1 is 0.897 bits per heavy atom. The van der Waals surface area contributed by atoms with Crippen LogP contribution in [0.1, 0.15) is 42.6 Å². The Hall–Kier alpha value is -3.14. The molecule has 0 saturated heterocycles. The van der Waals surface area contributed by atoms with Gasteiger partial charge in [-0.1, -0.05) is 37.6 Å². The number of rotatable bonds is 8. The number of ether oxygens (including phenoxy) is 2. The number of aryl methyl sites for hydroxylation is 1. The van der Waals surface area contributed by atoms with E-state index in [0.717, 1.165) is 36.1 Å². The average molecular weight is 392 g/mol. The summed E-state index contributed by atoms with van der Waals surface area (Å²) in [6, 6.07) is 19.0. The molecule has 29 heavy (non-hydrogen) atoms. The zero-order chi connectivity index (χ0) is 20.6. The van der Waals surface area contributed by atoms with Crippen molar-refractivity contribution in [3.05, 3.63) is 83.7 Å². The summed E-state index contributed by atoms with van der Waals surface area (Å²) in [4.78, 5) is 12.4. The molecule has 3 aromatic carbocycles. The van der Waals surface area contributed by atoms with Crippen molar-refractivity contribution >= 4 is 5.97 Å². The van der Waals surface area contributed by atoms with Crippen molar-refractivity contribution < 1.29 is 18.7 Å². The van der Waals surface area contributed by atoms with E-state index >= 15 is 0 Å². The van der Waals surface area contributed by atoms with E-state index in [1.54, 1.807) is 60.7 Å². The minimum atomic E-state index is -0.462. The Balaban J connectivity index is 1.68. The van der Waals surface area contributed by atoms with Gasteiger partial charge in [0.05, 0.1) is 12.2 Å². The maximum absolute atomic E-state index is 14.5. The van der Waals surface area contributed by atoms with Crippen LogP contribution in [0, 0.1) is 5.82 Å². The lowest BCUT2D eigenvalue weighted by molar-refractivity contribution is 0.0734. The van der Waals surface area contributed by atoms with Crippen molar-refractivity contribution in [1.82, 2.24) is 0 Å². The van der Waals surface area contributed by atoms with Crippen LogP contribution in [-0.2, 0) is 6.42 Å². The van der Waals surface area contributed by atoms with Gasteiger partial charge in [0.1, 0.15) is 17.3 Å². The van der Waals surface area contributed by atoms with E-state index in [4.69, 9.17) is 9.47 Å². The van der Waals surface area contributed by atoms with Gasteiger partial charge in [0.15, 0.2) is 0 Å². The molecule has 0 atom stereocenters. The third-order valence-corrected chi connectivity index (χ3v) is 4.63. The van der Waals surface area contributed by atoms with Crippen LogP contribution in [0.5, 0.6) is 11.5 Å². The molecule has 4 heteroatoms. The minimum Gasteiger partial charge on any atom is -0.494 e. The van der Waals surface area contributed by atoms with Crippen LogP contribution in [0.4, 0.5) is 4.39 Å². The van der Waals surface area contributed by atoms with Crippen molar-refractivity contribution in [2.45, 2.75) is 33.1 Å². The summed E-state index contributed by atoms with van der Waals surface area (Å²) in [5, 5.41) is 0. The highest BCUT2D eigenvalue weighted by molar-refractivity contribution is 5.91. The molecule has 0 bridgehead atoms. The topological polar surface area (TPSA) is 35.5 Å². The number of esters is 1. The summed E-state index contributed by atoms with van der Waals surface area (Å²) in [6.07, 6.45) is 3.01. The molecule has 0 aromatic heterocycles. The zero-order valence-electron chi connectivity index (χ0n) is 16.8. The predicted molar refractivity (Wildman–Crippen MR) is 113 cm³/mol. The number of hydrogen-bond donors (Lipinski definition) is 0. The maximum atomic E-state index is 14.5. The highest BCUT2D eigenvalue weighted by Crippen LogP contribution is 2.25. The van der Waals surface area contributed by atoms with Gasteiger partial charge in [-0.2, -0.15) is 0 Å². The second kappa shape index (κ2) is 9.87. The van der Waals surface area contributed by atoms with E-state index in [1.165, 1.54) is 0 Å². The number of benzene rings is 3. The summed E-state index contributed by atoms with van der Waals surface area (Å²) in [6.45, 7) is 4.60. The fourth-order valence-corrected chi connectivity index (χ4v) is 3.05. The van der Waals surface area contributed by atoms with Crippen molar-refractivity contribution in [3.63, 3.8) is 0 Å². The number of halogens is 1. The highest BCUT2D eigenvalue weighted by atomic mass is 19.1. The molecule has 3 rings (SSSR count). The molecule has 0 N–H and O–H groups in total. The van der Waals surface area contributed by atoms with Gasteiger partial charge >= 0.3 is 5.97 Å². The average Bonchev–Trinajstić information content (AvgIpc) is 2.74. The van der Waals surface area contributed by atoms with Crippen LogP contribution in [0.25, 0.3) is 11.1 Å². The first-order chi connectivity index (χ1) is 14.1. The fourth-order valence-electron chi connectivity index (χ4n) is 3.05. The summed E-state index contributed by atoms with van der Waals surface area (Å²) in [7, 11) is 0. The van der Waals surface area contributed by atoms with E-state index < -0.39 is 5.97 Å². The third kappa shape index (κ3) is 5.44. The standard InChI is InChI=1S/C25H25FO3/c1-3-5-6-18-7-16-23(24(26)17-18)19-8-10-20(11-9-19)25(27)29-22-14-12-21(13-15-22)28-4-2/h7-17H,3-6H2,1-2H3. The van der Waals surface area contributed by atoms with Crippen LogP contribution in [0.2, 0.25) is 0 Å². The largest absolute Gasteiger partial charge is 0.494 e. The minimum absolute atomic E-state index is 0.247. The van der Waals surface area contributed by atoms with Crippen molar-refractivity contribution in [3.8, 4) is 22.6 Å². The maximum Gasteiger partial charge on any atom is 0.343 e. The van der Waals surface area contributed by atoms with Crippen molar-refractivity contribution in [1.29, 1.82) is 0 Å². The van der Waals surface area contributed by atoms with Crippen LogP contribution in [0.3, 0.4) is 0 Å². The van der Waals surface area contributed by atoms with Gasteiger partial charge in [0, 0.05) is 5.56 Å². The second-order valence-corrected chi connectivity index (χ2v) is 6.79. The first kappa shape index (κ1) is 20.6. The Morgan fingerprint density at radius 2 is 1.59 bits per heavy atom. The van der Waals surface area contributed by atoms with E-state index in [0.29, 0.717) is 23.5 Å². The Kier molecular flexibility index (Phi) is 7.01. The molecule has 0 aliphatic rings. The van der Waals surface area contributed by atoms with Crippen LogP contribution in [0.15, 0.2) is 66.7 Å². The Labute approximate surface area is 171 Å². The quantitative estimate of drug-likeness (QED) is 0.326. The molecule has 3 nitrogen and oxygen atoms in total. The van der Waals surface area contributed by atoms with Crippen molar-refractivity contribution in [2.75, 3.05) is 6.61 Å². The SMILES string of the molecule is CCCCc1ccc(-c2ccc(C(=O)Oc3ccc(OCC)cc3)cc2)c(F)c1. The van der Waals surface area contributed by atoms with Crippen LogP contribution >= 0.6 is 0 Å². The Bertz CT molecular complexity index is 947. The first-order valence-corrected chi connectivity index (χ1v) is 9.94. The summed E-state index contributed by atoms with van der Waals surface area (Å²) < 4.78 is 25.3. The molecule has 0 aliphatic heterocycles. The summed E-state index contributed by atoms with van der Waals surface area (Å²) in [5.74, 6) is 0.454. The van der Waals surface area contributed by atoms with Gasteiger partial charge < -0.3 is 9.47 Å². The van der Waals surface area contributed by atoms with Crippen LogP contribution < -0.4 is 9.47 Å². The Morgan fingerprint density at radius 3 is 2.21 bits per heavy atom. The number of hydrogen-bond acceptors (Lipinski definition) is 3. The number of carbonyl (C=O) groups is 1. The zero-order valence-corrected chi connectivity index (χ0v) is 16.8. The molecule has 0 radical (unpaired) electrons. The second-order valence-electron chi connectivity index (χ2n) is 6.79. The van der Waals surface area contributed by atoms with Gasteiger partial charge in [0.2, 0.25) is 0 Å². The molecule has 3 aromatic rings. The molecule has 150 valence electrons. The molecule has 0 amide bonds. The molecule has 0 spiro atoms. The third-order valence-electron chi connectivity index (χ3n) is 4.63. The molecular weight excluding hydrogens is 367 g/mol. The van der Waals surface area contributed by atoms with Gasteiger partial charge in [-0.3, -0.25) is 0 Å². The van der Waals surface area contributed by atoms with E-state index in [-0.39, 0.29) is 5.82 Å².